The van der Waals surface area contributed by atoms with Crippen molar-refractivity contribution in [1.29, 1.82) is 0 Å². The van der Waals surface area contributed by atoms with Crippen molar-refractivity contribution in [3.63, 3.8) is 0 Å². The second-order valence-corrected chi connectivity index (χ2v) is 6.77. The van der Waals surface area contributed by atoms with Crippen molar-refractivity contribution in [3.8, 4) is 0 Å². The maximum absolute atomic E-state index is 12.5. The lowest BCUT2D eigenvalue weighted by atomic mass is 9.96. The van der Waals surface area contributed by atoms with Crippen molar-refractivity contribution < 1.29 is 4.79 Å². The van der Waals surface area contributed by atoms with E-state index >= 15 is 0 Å². The molecule has 1 amide bonds. The van der Waals surface area contributed by atoms with Crippen LogP contribution in [-0.2, 0) is 4.79 Å². The van der Waals surface area contributed by atoms with Crippen LogP contribution in [0.15, 0.2) is 0 Å². The van der Waals surface area contributed by atoms with E-state index in [4.69, 9.17) is 5.73 Å². The van der Waals surface area contributed by atoms with Crippen LogP contribution in [0.2, 0.25) is 0 Å². The molecule has 1 heterocycles. The Balaban J connectivity index is 0.00000324. The molecule has 114 valence electrons. The number of likely N-dealkylation sites (tertiary alicyclic amines) is 1. The zero-order valence-corrected chi connectivity index (χ0v) is 14.1. The molecule has 1 aliphatic rings. The Morgan fingerprint density at radius 1 is 1.42 bits per heavy atom. The predicted octanol–water partition coefficient (Wildman–Crippen LogP) is 3.06. The number of halogens is 1. The molecule has 0 spiro atoms. The summed E-state index contributed by atoms with van der Waals surface area (Å²) in [5.41, 5.74) is 6.02. The van der Waals surface area contributed by atoms with Gasteiger partial charge in [-0.25, -0.2) is 0 Å². The standard InChI is InChI=1S/C14H28N2OS.ClH/c1-4-5-10-18-12(3)14(17)16-9-7-6-8-13(16)11(2)15;/h11-13H,4-10,15H2,1-3H3;1H. The third kappa shape index (κ3) is 5.92. The summed E-state index contributed by atoms with van der Waals surface area (Å²) in [6.45, 7) is 7.13. The minimum atomic E-state index is 0. The number of unbranched alkanes of at least 4 members (excludes halogenated alkanes) is 1. The van der Waals surface area contributed by atoms with E-state index in [9.17, 15) is 4.79 Å². The van der Waals surface area contributed by atoms with Gasteiger partial charge in [0, 0.05) is 18.6 Å². The van der Waals surface area contributed by atoms with E-state index in [1.165, 1.54) is 19.3 Å². The summed E-state index contributed by atoms with van der Waals surface area (Å²) in [6, 6.07) is 0.336. The highest BCUT2D eigenvalue weighted by Crippen LogP contribution is 2.23. The molecule has 0 radical (unpaired) electrons. The Morgan fingerprint density at radius 2 is 2.11 bits per heavy atom. The van der Waals surface area contributed by atoms with Crippen LogP contribution in [-0.4, -0.2) is 40.4 Å². The average Bonchev–Trinajstić information content (AvgIpc) is 2.38. The molecule has 1 fully saturated rings. The molecule has 0 aromatic rings. The van der Waals surface area contributed by atoms with Gasteiger partial charge < -0.3 is 10.6 Å². The van der Waals surface area contributed by atoms with E-state index in [1.807, 2.05) is 18.7 Å². The van der Waals surface area contributed by atoms with Crippen molar-refractivity contribution in [3.05, 3.63) is 0 Å². The van der Waals surface area contributed by atoms with Gasteiger partial charge in [-0.3, -0.25) is 4.79 Å². The largest absolute Gasteiger partial charge is 0.337 e. The Labute approximate surface area is 128 Å². The number of carbonyl (C=O) groups is 1. The quantitative estimate of drug-likeness (QED) is 0.767. The van der Waals surface area contributed by atoms with Crippen molar-refractivity contribution in [2.45, 2.75) is 70.2 Å². The van der Waals surface area contributed by atoms with Gasteiger partial charge in [-0.05, 0) is 45.3 Å². The van der Waals surface area contributed by atoms with Gasteiger partial charge in [0.25, 0.3) is 0 Å². The summed E-state index contributed by atoms with van der Waals surface area (Å²) in [5, 5.41) is 0.0795. The second kappa shape index (κ2) is 9.89. The third-order valence-electron chi connectivity index (χ3n) is 3.65. The summed E-state index contributed by atoms with van der Waals surface area (Å²) in [7, 11) is 0. The summed E-state index contributed by atoms with van der Waals surface area (Å²) >= 11 is 1.78. The molecule has 3 nitrogen and oxygen atoms in total. The number of carbonyl (C=O) groups excluding carboxylic acids is 1. The zero-order valence-electron chi connectivity index (χ0n) is 12.4. The van der Waals surface area contributed by atoms with Gasteiger partial charge in [0.1, 0.15) is 0 Å². The molecule has 1 saturated heterocycles. The van der Waals surface area contributed by atoms with Gasteiger partial charge in [-0.2, -0.15) is 0 Å². The third-order valence-corrected chi connectivity index (χ3v) is 4.88. The minimum Gasteiger partial charge on any atom is -0.337 e. The Bertz CT molecular complexity index is 264. The molecule has 5 heteroatoms. The first kappa shape index (κ1) is 19.1. The number of hydrogen-bond donors (Lipinski definition) is 1. The lowest BCUT2D eigenvalue weighted by molar-refractivity contribution is -0.134. The van der Waals surface area contributed by atoms with Crippen molar-refractivity contribution in [1.82, 2.24) is 4.90 Å². The molecular weight excluding hydrogens is 280 g/mol. The van der Waals surface area contributed by atoms with E-state index in [2.05, 4.69) is 6.92 Å². The smallest absolute Gasteiger partial charge is 0.235 e. The van der Waals surface area contributed by atoms with E-state index in [-0.39, 0.29) is 35.6 Å². The van der Waals surface area contributed by atoms with Gasteiger partial charge in [0.15, 0.2) is 0 Å². The maximum atomic E-state index is 12.5. The Morgan fingerprint density at radius 3 is 2.68 bits per heavy atom. The van der Waals surface area contributed by atoms with Crippen molar-refractivity contribution in [2.75, 3.05) is 12.3 Å². The minimum absolute atomic E-state index is 0. The molecule has 0 aromatic heterocycles. The van der Waals surface area contributed by atoms with Gasteiger partial charge >= 0.3 is 0 Å². The number of rotatable bonds is 6. The highest BCUT2D eigenvalue weighted by atomic mass is 35.5. The molecule has 1 aliphatic heterocycles. The number of hydrogen-bond acceptors (Lipinski definition) is 3. The molecule has 0 saturated carbocycles. The van der Waals surface area contributed by atoms with E-state index in [0.717, 1.165) is 25.1 Å². The van der Waals surface area contributed by atoms with E-state index < -0.39 is 0 Å². The first-order valence-electron chi connectivity index (χ1n) is 7.25. The summed E-state index contributed by atoms with van der Waals surface area (Å²) in [6.07, 6.45) is 5.78. The van der Waals surface area contributed by atoms with Crippen LogP contribution in [0.1, 0.15) is 52.9 Å². The predicted molar refractivity (Wildman–Crippen MR) is 87.1 cm³/mol. The normalized spacial score (nSPS) is 22.5. The molecule has 0 aliphatic carbocycles. The molecule has 0 aromatic carbocycles. The molecule has 2 N–H and O–H groups in total. The van der Waals surface area contributed by atoms with Crippen molar-refractivity contribution in [2.24, 2.45) is 5.73 Å². The SMILES string of the molecule is CCCCSC(C)C(=O)N1CCCCC1C(C)N.Cl. The van der Waals surface area contributed by atoms with E-state index in [0.29, 0.717) is 0 Å². The summed E-state index contributed by atoms with van der Waals surface area (Å²) in [5.74, 6) is 1.37. The fraction of sp³-hybridized carbons (Fsp3) is 0.929. The fourth-order valence-electron chi connectivity index (χ4n) is 2.49. The first-order chi connectivity index (χ1) is 8.57. The molecular formula is C14H29ClN2OS. The van der Waals surface area contributed by atoms with Crippen molar-refractivity contribution >= 4 is 30.1 Å². The van der Waals surface area contributed by atoms with E-state index in [1.54, 1.807) is 11.8 Å². The van der Waals surface area contributed by atoms with Crippen LogP contribution in [0.25, 0.3) is 0 Å². The van der Waals surface area contributed by atoms with Crippen LogP contribution in [0.4, 0.5) is 0 Å². The van der Waals surface area contributed by atoms with Gasteiger partial charge in [0.05, 0.1) is 5.25 Å². The molecule has 3 unspecified atom stereocenters. The van der Waals surface area contributed by atoms with Gasteiger partial charge in [-0.15, -0.1) is 24.2 Å². The molecule has 3 atom stereocenters. The van der Waals surface area contributed by atoms with Crippen LogP contribution >= 0.6 is 24.2 Å². The first-order valence-corrected chi connectivity index (χ1v) is 8.30. The Hall–Kier alpha value is 0.0700. The zero-order chi connectivity index (χ0) is 13.5. The van der Waals surface area contributed by atoms with Crippen LogP contribution in [0, 0.1) is 0 Å². The summed E-state index contributed by atoms with van der Waals surface area (Å²) in [4.78, 5) is 14.5. The monoisotopic (exact) mass is 308 g/mol. The lowest BCUT2D eigenvalue weighted by Gasteiger charge is -2.39. The summed E-state index contributed by atoms with van der Waals surface area (Å²) < 4.78 is 0. The number of nitrogens with two attached hydrogens (primary N) is 1. The molecule has 19 heavy (non-hydrogen) atoms. The van der Waals surface area contributed by atoms with Crippen LogP contribution < -0.4 is 5.73 Å². The van der Waals surface area contributed by atoms with Gasteiger partial charge in [0.2, 0.25) is 5.91 Å². The number of amides is 1. The fourth-order valence-corrected chi connectivity index (χ4v) is 3.57. The lowest BCUT2D eigenvalue weighted by Crippen LogP contribution is -2.53. The van der Waals surface area contributed by atoms with Gasteiger partial charge in [-0.1, -0.05) is 13.3 Å². The van der Waals surface area contributed by atoms with Crippen LogP contribution in [0.3, 0.4) is 0 Å². The van der Waals surface area contributed by atoms with Crippen LogP contribution in [0.5, 0.6) is 0 Å². The Kier molecular flexibility index (Phi) is 9.93. The topological polar surface area (TPSA) is 46.3 Å². The molecule has 0 bridgehead atoms. The highest BCUT2D eigenvalue weighted by molar-refractivity contribution is 8.00. The average molecular weight is 309 g/mol. The number of piperidine rings is 1. The maximum Gasteiger partial charge on any atom is 0.235 e. The molecule has 1 rings (SSSR count). The highest BCUT2D eigenvalue weighted by Gasteiger charge is 2.31. The number of nitrogens with zero attached hydrogens (tertiary/aromatic N) is 1. The second-order valence-electron chi connectivity index (χ2n) is 5.32. The number of thioether (sulfide) groups is 1.